The van der Waals surface area contributed by atoms with Crippen LogP contribution < -0.4 is 10.6 Å². The van der Waals surface area contributed by atoms with Gasteiger partial charge in [0.15, 0.2) is 0 Å². The van der Waals surface area contributed by atoms with Crippen LogP contribution in [-0.4, -0.2) is 6.03 Å². The van der Waals surface area contributed by atoms with Crippen molar-refractivity contribution in [1.82, 2.24) is 0 Å². The number of carbonyl (C=O) groups excluding carboxylic acids is 1. The van der Waals surface area contributed by atoms with Gasteiger partial charge in [-0.1, -0.05) is 0 Å². The minimum atomic E-state index is -0.456. The molecule has 6 heteroatoms. The minimum Gasteiger partial charge on any atom is -0.307 e. The standard InChI is InChI=1S/C15H14FN3OS/c1-8-6-11(16)4-5-13(8)18-15(20)19-14-12(7-17)9(2)10(3)21-14/h4-6H,1-3H3,(H2,18,19,20). The lowest BCUT2D eigenvalue weighted by Gasteiger charge is -2.09. The zero-order chi connectivity index (χ0) is 15.6. The summed E-state index contributed by atoms with van der Waals surface area (Å²) in [6.45, 7) is 5.45. The Bertz CT molecular complexity index is 746. The quantitative estimate of drug-likeness (QED) is 0.867. The van der Waals surface area contributed by atoms with Gasteiger partial charge in [0.2, 0.25) is 0 Å². The second kappa shape index (κ2) is 5.94. The van der Waals surface area contributed by atoms with E-state index in [-0.39, 0.29) is 5.82 Å². The number of nitriles is 1. The Balaban J connectivity index is 2.16. The molecule has 0 aliphatic heterocycles. The molecule has 0 radical (unpaired) electrons. The van der Waals surface area contributed by atoms with Gasteiger partial charge in [-0.05, 0) is 50.1 Å². The molecular weight excluding hydrogens is 289 g/mol. The largest absolute Gasteiger partial charge is 0.324 e. The van der Waals surface area contributed by atoms with E-state index in [4.69, 9.17) is 5.26 Å². The van der Waals surface area contributed by atoms with Gasteiger partial charge in [0.1, 0.15) is 16.9 Å². The predicted octanol–water partition coefficient (Wildman–Crippen LogP) is 4.33. The molecule has 108 valence electrons. The van der Waals surface area contributed by atoms with E-state index >= 15 is 0 Å². The Labute approximate surface area is 126 Å². The summed E-state index contributed by atoms with van der Waals surface area (Å²) in [7, 11) is 0. The molecule has 0 aliphatic carbocycles. The van der Waals surface area contributed by atoms with E-state index in [1.807, 2.05) is 13.8 Å². The monoisotopic (exact) mass is 303 g/mol. The highest BCUT2D eigenvalue weighted by atomic mass is 32.1. The lowest BCUT2D eigenvalue weighted by atomic mass is 10.2. The third-order valence-electron chi connectivity index (χ3n) is 3.16. The van der Waals surface area contributed by atoms with Crippen molar-refractivity contribution in [3.8, 4) is 6.07 Å². The zero-order valence-corrected chi connectivity index (χ0v) is 12.7. The zero-order valence-electron chi connectivity index (χ0n) is 11.9. The molecule has 0 bridgehead atoms. The average Bonchev–Trinajstić information content (AvgIpc) is 2.67. The summed E-state index contributed by atoms with van der Waals surface area (Å²) in [6.07, 6.45) is 0. The highest BCUT2D eigenvalue weighted by molar-refractivity contribution is 7.16. The maximum Gasteiger partial charge on any atom is 0.324 e. The van der Waals surface area contributed by atoms with Crippen LogP contribution in [0.4, 0.5) is 19.9 Å². The third-order valence-corrected chi connectivity index (χ3v) is 4.28. The van der Waals surface area contributed by atoms with Gasteiger partial charge < -0.3 is 5.32 Å². The van der Waals surface area contributed by atoms with Gasteiger partial charge in [-0.25, -0.2) is 9.18 Å². The Morgan fingerprint density at radius 2 is 2.00 bits per heavy atom. The van der Waals surface area contributed by atoms with Crippen LogP contribution in [0.15, 0.2) is 18.2 Å². The fourth-order valence-corrected chi connectivity index (χ4v) is 2.88. The number of carbonyl (C=O) groups is 1. The Morgan fingerprint density at radius 1 is 1.29 bits per heavy atom. The molecule has 2 aromatic rings. The molecule has 1 heterocycles. The first-order valence-corrected chi connectivity index (χ1v) is 7.08. The summed E-state index contributed by atoms with van der Waals surface area (Å²) < 4.78 is 13.0. The number of thiophene rings is 1. The third kappa shape index (κ3) is 3.20. The number of hydrogen-bond acceptors (Lipinski definition) is 3. The predicted molar refractivity (Wildman–Crippen MR) is 82.3 cm³/mol. The van der Waals surface area contributed by atoms with E-state index in [2.05, 4.69) is 16.7 Å². The van der Waals surface area contributed by atoms with Crippen LogP contribution in [0.5, 0.6) is 0 Å². The number of nitrogens with zero attached hydrogens (tertiary/aromatic N) is 1. The van der Waals surface area contributed by atoms with Gasteiger partial charge >= 0.3 is 6.03 Å². The number of anilines is 2. The molecule has 0 saturated carbocycles. The summed E-state index contributed by atoms with van der Waals surface area (Å²) in [5.41, 5.74) is 2.50. The second-order valence-electron chi connectivity index (χ2n) is 4.64. The van der Waals surface area contributed by atoms with E-state index < -0.39 is 6.03 Å². The van der Waals surface area contributed by atoms with Gasteiger partial charge in [0.05, 0.1) is 5.56 Å². The summed E-state index contributed by atoms with van der Waals surface area (Å²) in [5, 5.41) is 15.0. The smallest absolute Gasteiger partial charge is 0.307 e. The number of hydrogen-bond donors (Lipinski definition) is 2. The van der Waals surface area contributed by atoms with E-state index in [1.54, 1.807) is 6.92 Å². The molecule has 0 aliphatic rings. The number of urea groups is 1. The summed E-state index contributed by atoms with van der Waals surface area (Å²) in [6, 6.07) is 5.76. The molecule has 2 rings (SSSR count). The Hall–Kier alpha value is -2.39. The van der Waals surface area contributed by atoms with E-state index in [1.165, 1.54) is 29.5 Å². The molecule has 0 unspecified atom stereocenters. The van der Waals surface area contributed by atoms with E-state index in [9.17, 15) is 9.18 Å². The second-order valence-corrected chi connectivity index (χ2v) is 5.86. The minimum absolute atomic E-state index is 0.352. The van der Waals surface area contributed by atoms with Gasteiger partial charge in [-0.15, -0.1) is 11.3 Å². The van der Waals surface area contributed by atoms with Crippen LogP contribution in [0.1, 0.15) is 21.6 Å². The number of nitrogens with one attached hydrogen (secondary N) is 2. The van der Waals surface area contributed by atoms with Crippen LogP contribution in [0, 0.1) is 37.9 Å². The van der Waals surface area contributed by atoms with Crippen molar-refractivity contribution in [2.75, 3.05) is 10.6 Å². The average molecular weight is 303 g/mol. The molecular formula is C15H14FN3OS. The number of amides is 2. The molecule has 21 heavy (non-hydrogen) atoms. The van der Waals surface area contributed by atoms with Crippen molar-refractivity contribution < 1.29 is 9.18 Å². The highest BCUT2D eigenvalue weighted by Crippen LogP contribution is 2.31. The summed E-state index contributed by atoms with van der Waals surface area (Å²) >= 11 is 1.36. The molecule has 2 amide bonds. The maximum atomic E-state index is 13.0. The topological polar surface area (TPSA) is 64.9 Å². The Kier molecular flexibility index (Phi) is 4.24. The summed E-state index contributed by atoms with van der Waals surface area (Å²) in [5.74, 6) is -0.352. The molecule has 0 spiro atoms. The first-order valence-electron chi connectivity index (χ1n) is 6.26. The lowest BCUT2D eigenvalue weighted by molar-refractivity contribution is 0.262. The molecule has 0 atom stereocenters. The molecule has 1 aromatic carbocycles. The fourth-order valence-electron chi connectivity index (χ4n) is 1.87. The molecule has 1 aromatic heterocycles. The van der Waals surface area contributed by atoms with Crippen LogP contribution in [0.3, 0.4) is 0 Å². The summed E-state index contributed by atoms with van der Waals surface area (Å²) in [4.78, 5) is 13.0. The first-order chi connectivity index (χ1) is 9.92. The van der Waals surface area contributed by atoms with Crippen LogP contribution in [0.2, 0.25) is 0 Å². The number of rotatable bonds is 2. The number of benzene rings is 1. The molecule has 4 nitrogen and oxygen atoms in total. The van der Waals surface area contributed by atoms with Crippen molar-refractivity contribution in [3.05, 3.63) is 45.6 Å². The number of aryl methyl sites for hydroxylation is 2. The molecule has 2 N–H and O–H groups in total. The highest BCUT2D eigenvalue weighted by Gasteiger charge is 2.15. The lowest BCUT2D eigenvalue weighted by Crippen LogP contribution is -2.19. The SMILES string of the molecule is Cc1cc(F)ccc1NC(=O)Nc1sc(C)c(C)c1C#N. The normalized spacial score (nSPS) is 10.0. The fraction of sp³-hybridized carbons (Fsp3) is 0.200. The van der Waals surface area contributed by atoms with Crippen molar-refractivity contribution in [3.63, 3.8) is 0 Å². The van der Waals surface area contributed by atoms with Gasteiger partial charge in [0, 0.05) is 10.6 Å². The number of halogens is 1. The van der Waals surface area contributed by atoms with Gasteiger partial charge in [0.25, 0.3) is 0 Å². The van der Waals surface area contributed by atoms with Crippen molar-refractivity contribution in [2.45, 2.75) is 20.8 Å². The van der Waals surface area contributed by atoms with Crippen molar-refractivity contribution in [1.29, 1.82) is 5.26 Å². The van der Waals surface area contributed by atoms with Crippen molar-refractivity contribution in [2.24, 2.45) is 0 Å². The van der Waals surface area contributed by atoms with Crippen LogP contribution in [-0.2, 0) is 0 Å². The maximum absolute atomic E-state index is 13.0. The Morgan fingerprint density at radius 3 is 2.62 bits per heavy atom. The van der Waals surface area contributed by atoms with Gasteiger partial charge in [-0.2, -0.15) is 5.26 Å². The van der Waals surface area contributed by atoms with Gasteiger partial charge in [-0.3, -0.25) is 5.32 Å². The van der Waals surface area contributed by atoms with E-state index in [0.717, 1.165) is 10.4 Å². The van der Waals surface area contributed by atoms with E-state index in [0.29, 0.717) is 21.8 Å². The van der Waals surface area contributed by atoms with Crippen molar-refractivity contribution >= 4 is 28.1 Å². The molecule has 0 saturated heterocycles. The van der Waals surface area contributed by atoms with Crippen LogP contribution in [0.25, 0.3) is 0 Å². The molecule has 0 fully saturated rings. The first kappa shape index (κ1) is 15.0. The van der Waals surface area contributed by atoms with Crippen LogP contribution >= 0.6 is 11.3 Å².